The second-order valence-corrected chi connectivity index (χ2v) is 4.70. The second-order valence-electron chi connectivity index (χ2n) is 4.70. The monoisotopic (exact) mass is 257 g/mol. The average molecular weight is 257 g/mol. The van der Waals surface area contributed by atoms with Crippen LogP contribution < -0.4 is 5.32 Å². The Kier molecular flexibility index (Phi) is 3.86. The van der Waals surface area contributed by atoms with Crippen molar-refractivity contribution in [2.24, 2.45) is 11.8 Å². The molecule has 1 amide bonds. The fraction of sp³-hybridized carbons (Fsp3) is 0.333. The SMILES string of the molecule is C#Cc1cccc(NC(=O)[C@@H]2CCC[C@@H]2C(=O)O)c1. The molecular weight excluding hydrogens is 242 g/mol. The Labute approximate surface area is 111 Å². The molecule has 4 heteroatoms. The van der Waals surface area contributed by atoms with E-state index in [1.165, 1.54) is 0 Å². The van der Waals surface area contributed by atoms with E-state index in [2.05, 4.69) is 11.2 Å². The Morgan fingerprint density at radius 3 is 2.74 bits per heavy atom. The van der Waals surface area contributed by atoms with Crippen molar-refractivity contribution in [2.45, 2.75) is 19.3 Å². The molecular formula is C15H15NO3. The maximum atomic E-state index is 12.1. The van der Waals surface area contributed by atoms with Crippen molar-refractivity contribution in [2.75, 3.05) is 5.32 Å². The highest BCUT2D eigenvalue weighted by molar-refractivity contribution is 5.95. The summed E-state index contributed by atoms with van der Waals surface area (Å²) in [6.07, 6.45) is 7.26. The van der Waals surface area contributed by atoms with Crippen LogP contribution in [0.15, 0.2) is 24.3 Å². The van der Waals surface area contributed by atoms with Gasteiger partial charge in [-0.3, -0.25) is 9.59 Å². The summed E-state index contributed by atoms with van der Waals surface area (Å²) in [6, 6.07) is 6.96. The van der Waals surface area contributed by atoms with Gasteiger partial charge in [-0.25, -0.2) is 0 Å². The predicted molar refractivity (Wildman–Crippen MR) is 71.5 cm³/mol. The summed E-state index contributed by atoms with van der Waals surface area (Å²) in [5, 5.41) is 11.8. The van der Waals surface area contributed by atoms with Gasteiger partial charge < -0.3 is 10.4 Å². The van der Waals surface area contributed by atoms with Crippen molar-refractivity contribution in [3.05, 3.63) is 29.8 Å². The molecule has 1 saturated carbocycles. The summed E-state index contributed by atoms with van der Waals surface area (Å²) >= 11 is 0. The number of carboxylic acid groups (broad SMARTS) is 1. The minimum Gasteiger partial charge on any atom is -0.481 e. The van der Waals surface area contributed by atoms with E-state index in [4.69, 9.17) is 11.5 Å². The van der Waals surface area contributed by atoms with Crippen LogP contribution in [0, 0.1) is 24.2 Å². The summed E-state index contributed by atoms with van der Waals surface area (Å²) in [5.74, 6) is 0.336. The molecule has 1 aliphatic carbocycles. The molecule has 0 unspecified atom stereocenters. The van der Waals surface area contributed by atoms with E-state index in [1.807, 2.05) is 0 Å². The molecule has 1 aliphatic rings. The van der Waals surface area contributed by atoms with Gasteiger partial charge in [-0.15, -0.1) is 6.42 Å². The van der Waals surface area contributed by atoms with E-state index in [9.17, 15) is 9.59 Å². The number of carbonyl (C=O) groups is 2. The van der Waals surface area contributed by atoms with E-state index in [0.29, 0.717) is 24.1 Å². The smallest absolute Gasteiger partial charge is 0.307 e. The van der Waals surface area contributed by atoms with E-state index in [0.717, 1.165) is 6.42 Å². The van der Waals surface area contributed by atoms with E-state index in [1.54, 1.807) is 24.3 Å². The number of benzene rings is 1. The maximum Gasteiger partial charge on any atom is 0.307 e. The number of rotatable bonds is 3. The quantitative estimate of drug-likeness (QED) is 0.815. The van der Waals surface area contributed by atoms with Gasteiger partial charge in [0.25, 0.3) is 0 Å². The lowest BCUT2D eigenvalue weighted by Crippen LogP contribution is -2.29. The number of terminal acetylenes is 1. The van der Waals surface area contributed by atoms with Crippen LogP contribution in [0.25, 0.3) is 0 Å². The topological polar surface area (TPSA) is 66.4 Å². The zero-order valence-corrected chi connectivity index (χ0v) is 10.4. The molecule has 1 fully saturated rings. The molecule has 0 heterocycles. The largest absolute Gasteiger partial charge is 0.481 e. The van der Waals surface area contributed by atoms with Crippen LogP contribution in [0.5, 0.6) is 0 Å². The third kappa shape index (κ3) is 2.94. The zero-order chi connectivity index (χ0) is 13.8. The van der Waals surface area contributed by atoms with Gasteiger partial charge >= 0.3 is 5.97 Å². The van der Waals surface area contributed by atoms with Crippen LogP contribution in [-0.2, 0) is 9.59 Å². The third-order valence-corrected chi connectivity index (χ3v) is 3.47. The van der Waals surface area contributed by atoms with Crippen molar-refractivity contribution >= 4 is 17.6 Å². The molecule has 0 radical (unpaired) electrons. The Balaban J connectivity index is 2.08. The second kappa shape index (κ2) is 5.57. The molecule has 0 spiro atoms. The van der Waals surface area contributed by atoms with Crippen molar-refractivity contribution in [1.82, 2.24) is 0 Å². The van der Waals surface area contributed by atoms with E-state index in [-0.39, 0.29) is 5.91 Å². The van der Waals surface area contributed by atoms with E-state index < -0.39 is 17.8 Å². The van der Waals surface area contributed by atoms with Gasteiger partial charge in [-0.05, 0) is 31.0 Å². The molecule has 0 aromatic heterocycles. The molecule has 0 bridgehead atoms. The van der Waals surface area contributed by atoms with Crippen LogP contribution in [0.4, 0.5) is 5.69 Å². The van der Waals surface area contributed by atoms with Crippen LogP contribution in [0.3, 0.4) is 0 Å². The Morgan fingerprint density at radius 1 is 1.32 bits per heavy atom. The molecule has 2 rings (SSSR count). The Hall–Kier alpha value is -2.28. The molecule has 98 valence electrons. The van der Waals surface area contributed by atoms with Crippen LogP contribution in [0.1, 0.15) is 24.8 Å². The summed E-state index contributed by atoms with van der Waals surface area (Å²) < 4.78 is 0. The molecule has 4 nitrogen and oxygen atoms in total. The number of nitrogens with one attached hydrogen (secondary N) is 1. The first-order valence-corrected chi connectivity index (χ1v) is 6.22. The standard InChI is InChI=1S/C15H15NO3/c1-2-10-5-3-6-11(9-10)16-14(17)12-7-4-8-13(12)15(18)19/h1,3,5-6,9,12-13H,4,7-8H2,(H,16,17)(H,18,19)/t12-,13+/m1/s1. The lowest BCUT2D eigenvalue weighted by atomic mass is 9.95. The summed E-state index contributed by atoms with van der Waals surface area (Å²) in [7, 11) is 0. The first-order valence-electron chi connectivity index (χ1n) is 6.22. The van der Waals surface area contributed by atoms with Crippen molar-refractivity contribution in [3.8, 4) is 12.3 Å². The number of carboxylic acids is 1. The van der Waals surface area contributed by atoms with Gasteiger partial charge in [0.1, 0.15) is 0 Å². The zero-order valence-electron chi connectivity index (χ0n) is 10.4. The fourth-order valence-corrected chi connectivity index (χ4v) is 2.49. The molecule has 1 aromatic carbocycles. The average Bonchev–Trinajstić information content (AvgIpc) is 2.88. The van der Waals surface area contributed by atoms with Crippen molar-refractivity contribution < 1.29 is 14.7 Å². The van der Waals surface area contributed by atoms with Gasteiger partial charge in [0.05, 0.1) is 11.8 Å². The van der Waals surface area contributed by atoms with Gasteiger partial charge in [-0.1, -0.05) is 18.4 Å². The number of anilines is 1. The minimum absolute atomic E-state index is 0.237. The lowest BCUT2D eigenvalue weighted by molar-refractivity contribution is -0.145. The number of carbonyl (C=O) groups excluding carboxylic acids is 1. The highest BCUT2D eigenvalue weighted by Crippen LogP contribution is 2.32. The van der Waals surface area contributed by atoms with Crippen LogP contribution in [-0.4, -0.2) is 17.0 Å². The summed E-state index contributed by atoms with van der Waals surface area (Å²) in [4.78, 5) is 23.2. The predicted octanol–water partition coefficient (Wildman–Crippen LogP) is 2.11. The number of hydrogen-bond acceptors (Lipinski definition) is 2. The van der Waals surface area contributed by atoms with Gasteiger partial charge in [0, 0.05) is 11.3 Å². The van der Waals surface area contributed by atoms with Gasteiger partial charge in [0.15, 0.2) is 0 Å². The van der Waals surface area contributed by atoms with E-state index >= 15 is 0 Å². The Bertz CT molecular complexity index is 545. The highest BCUT2D eigenvalue weighted by Gasteiger charge is 2.37. The van der Waals surface area contributed by atoms with Crippen molar-refractivity contribution in [1.29, 1.82) is 0 Å². The Morgan fingerprint density at radius 2 is 2.05 bits per heavy atom. The molecule has 2 N–H and O–H groups in total. The number of aliphatic carboxylic acids is 1. The van der Waals surface area contributed by atoms with Gasteiger partial charge in [-0.2, -0.15) is 0 Å². The maximum absolute atomic E-state index is 12.1. The molecule has 0 saturated heterocycles. The molecule has 0 aliphatic heterocycles. The summed E-state index contributed by atoms with van der Waals surface area (Å²) in [5.41, 5.74) is 1.29. The normalized spacial score (nSPS) is 21.6. The van der Waals surface area contributed by atoms with Gasteiger partial charge in [0.2, 0.25) is 5.91 Å². The first kappa shape index (κ1) is 13.2. The van der Waals surface area contributed by atoms with Crippen LogP contribution >= 0.6 is 0 Å². The summed E-state index contributed by atoms with van der Waals surface area (Å²) in [6.45, 7) is 0. The van der Waals surface area contributed by atoms with Crippen molar-refractivity contribution in [3.63, 3.8) is 0 Å². The first-order chi connectivity index (χ1) is 9.11. The highest BCUT2D eigenvalue weighted by atomic mass is 16.4. The van der Waals surface area contributed by atoms with Crippen LogP contribution in [0.2, 0.25) is 0 Å². The lowest BCUT2D eigenvalue weighted by Gasteiger charge is -2.15. The molecule has 19 heavy (non-hydrogen) atoms. The third-order valence-electron chi connectivity index (χ3n) is 3.47. The minimum atomic E-state index is -0.893. The molecule has 2 atom stereocenters. The number of amides is 1. The molecule has 1 aromatic rings. The number of hydrogen-bond donors (Lipinski definition) is 2. The fourth-order valence-electron chi connectivity index (χ4n) is 2.49.